The third-order valence-corrected chi connectivity index (χ3v) is 4.98. The highest BCUT2D eigenvalue weighted by molar-refractivity contribution is 5.81. The van der Waals surface area contributed by atoms with Gasteiger partial charge in [0, 0.05) is 39.1 Å². The number of nitrogens with zero attached hydrogens (tertiary/aromatic N) is 2. The molecule has 1 aromatic rings. The molecular weight excluding hydrogens is 318 g/mol. The molecule has 0 aliphatic carbocycles. The highest BCUT2D eigenvalue weighted by Gasteiger charge is 2.23. The summed E-state index contributed by atoms with van der Waals surface area (Å²) < 4.78 is 5.33. The smallest absolute Gasteiger partial charge is 0.237 e. The van der Waals surface area contributed by atoms with E-state index in [1.807, 2.05) is 30.0 Å². The average Bonchev–Trinajstić information content (AvgIpc) is 3.05. The van der Waals surface area contributed by atoms with E-state index in [4.69, 9.17) is 4.74 Å². The maximum Gasteiger partial charge on any atom is 0.237 e. The predicted molar refractivity (Wildman–Crippen MR) is 94.8 cm³/mol. The second-order valence-corrected chi connectivity index (χ2v) is 6.78. The molecule has 2 saturated heterocycles. The third-order valence-electron chi connectivity index (χ3n) is 4.98. The molecule has 1 atom stereocenters. The number of hydrogen-bond acceptors (Lipinski definition) is 4. The van der Waals surface area contributed by atoms with Crippen molar-refractivity contribution in [2.45, 2.75) is 38.9 Å². The lowest BCUT2D eigenvalue weighted by molar-refractivity contribution is -0.128. The number of nitrogens with one attached hydrogen (secondary N) is 1. The topological polar surface area (TPSA) is 61.9 Å². The maximum atomic E-state index is 12.4. The van der Waals surface area contributed by atoms with Crippen molar-refractivity contribution in [1.29, 1.82) is 0 Å². The number of benzene rings is 1. The molecule has 2 heterocycles. The summed E-state index contributed by atoms with van der Waals surface area (Å²) in [5, 5.41) is 3.02. The van der Waals surface area contributed by atoms with Crippen molar-refractivity contribution in [3.8, 4) is 0 Å². The lowest BCUT2D eigenvalue weighted by Gasteiger charge is -2.31. The lowest BCUT2D eigenvalue weighted by Crippen LogP contribution is -2.49. The molecule has 0 saturated carbocycles. The molecule has 2 fully saturated rings. The van der Waals surface area contributed by atoms with Crippen LogP contribution in [0.5, 0.6) is 0 Å². The lowest BCUT2D eigenvalue weighted by atomic mass is 10.1. The van der Waals surface area contributed by atoms with Crippen molar-refractivity contribution in [2.24, 2.45) is 0 Å². The second kappa shape index (κ2) is 8.45. The zero-order chi connectivity index (χ0) is 17.6. The number of rotatable bonds is 6. The van der Waals surface area contributed by atoms with Crippen LogP contribution < -0.4 is 5.32 Å². The fourth-order valence-electron chi connectivity index (χ4n) is 3.40. The minimum absolute atomic E-state index is 0.0435. The van der Waals surface area contributed by atoms with Gasteiger partial charge >= 0.3 is 0 Å². The van der Waals surface area contributed by atoms with Crippen LogP contribution >= 0.6 is 0 Å². The Morgan fingerprint density at radius 3 is 2.72 bits per heavy atom. The van der Waals surface area contributed by atoms with Crippen LogP contribution in [0.4, 0.5) is 0 Å². The Hall–Kier alpha value is -1.92. The Morgan fingerprint density at radius 2 is 2.00 bits per heavy atom. The van der Waals surface area contributed by atoms with Gasteiger partial charge in [-0.3, -0.25) is 14.5 Å². The SMILES string of the molecule is C[C@@H](C(=O)NCc1cccc(CN2CCCC2=O)c1)N1CCOCC1. The van der Waals surface area contributed by atoms with Crippen molar-refractivity contribution in [2.75, 3.05) is 32.8 Å². The largest absolute Gasteiger partial charge is 0.379 e. The molecule has 2 aliphatic rings. The van der Waals surface area contributed by atoms with Gasteiger partial charge < -0.3 is 15.0 Å². The Labute approximate surface area is 149 Å². The van der Waals surface area contributed by atoms with E-state index in [0.717, 1.165) is 37.2 Å². The van der Waals surface area contributed by atoms with Crippen LogP contribution in [0, 0.1) is 0 Å². The summed E-state index contributed by atoms with van der Waals surface area (Å²) in [5.74, 6) is 0.278. The molecule has 1 N–H and O–H groups in total. The number of amides is 2. The van der Waals surface area contributed by atoms with E-state index < -0.39 is 0 Å². The third kappa shape index (κ3) is 4.80. The van der Waals surface area contributed by atoms with E-state index in [9.17, 15) is 9.59 Å². The van der Waals surface area contributed by atoms with E-state index in [1.165, 1.54) is 0 Å². The first-order chi connectivity index (χ1) is 12.1. The van der Waals surface area contributed by atoms with Crippen molar-refractivity contribution < 1.29 is 14.3 Å². The van der Waals surface area contributed by atoms with E-state index in [1.54, 1.807) is 0 Å². The van der Waals surface area contributed by atoms with Gasteiger partial charge in [-0.25, -0.2) is 0 Å². The molecule has 0 unspecified atom stereocenters. The quantitative estimate of drug-likeness (QED) is 0.840. The van der Waals surface area contributed by atoms with Crippen LogP contribution in [0.2, 0.25) is 0 Å². The highest BCUT2D eigenvalue weighted by Crippen LogP contribution is 2.15. The minimum Gasteiger partial charge on any atom is -0.379 e. The Bertz CT molecular complexity index is 614. The molecular formula is C19H27N3O3. The normalized spacial score (nSPS) is 19.9. The summed E-state index contributed by atoms with van der Waals surface area (Å²) in [6.07, 6.45) is 1.61. The molecule has 1 aromatic carbocycles. The Kier molecular flexibility index (Phi) is 6.04. The van der Waals surface area contributed by atoms with Gasteiger partial charge in [0.1, 0.15) is 0 Å². The predicted octanol–water partition coefficient (Wildman–Crippen LogP) is 1.15. The second-order valence-electron chi connectivity index (χ2n) is 6.78. The van der Waals surface area contributed by atoms with Crippen LogP contribution in [0.3, 0.4) is 0 Å². The van der Waals surface area contributed by atoms with Crippen molar-refractivity contribution in [3.05, 3.63) is 35.4 Å². The summed E-state index contributed by atoms with van der Waals surface area (Å²) in [6, 6.07) is 7.96. The zero-order valence-corrected chi connectivity index (χ0v) is 14.9. The van der Waals surface area contributed by atoms with Crippen molar-refractivity contribution >= 4 is 11.8 Å². The summed E-state index contributed by atoms with van der Waals surface area (Å²) in [4.78, 5) is 28.2. The molecule has 6 heteroatoms. The summed E-state index contributed by atoms with van der Waals surface area (Å²) in [5.41, 5.74) is 2.18. The first kappa shape index (κ1) is 17.9. The molecule has 6 nitrogen and oxygen atoms in total. The summed E-state index contributed by atoms with van der Waals surface area (Å²) >= 11 is 0. The Morgan fingerprint density at radius 1 is 1.24 bits per heavy atom. The van der Waals surface area contributed by atoms with Gasteiger partial charge in [0.25, 0.3) is 0 Å². The number of likely N-dealkylation sites (tertiary alicyclic amines) is 1. The van der Waals surface area contributed by atoms with E-state index in [-0.39, 0.29) is 17.9 Å². The van der Waals surface area contributed by atoms with Crippen LogP contribution in [-0.4, -0.2) is 60.5 Å². The van der Waals surface area contributed by atoms with Gasteiger partial charge in [-0.15, -0.1) is 0 Å². The Balaban J connectivity index is 1.51. The molecule has 0 radical (unpaired) electrons. The van der Waals surface area contributed by atoms with Crippen molar-refractivity contribution in [3.63, 3.8) is 0 Å². The molecule has 2 amide bonds. The van der Waals surface area contributed by atoms with Gasteiger partial charge in [0.15, 0.2) is 0 Å². The molecule has 0 aromatic heterocycles. The van der Waals surface area contributed by atoms with Crippen LogP contribution in [0.15, 0.2) is 24.3 Å². The van der Waals surface area contributed by atoms with Gasteiger partial charge in [0.05, 0.1) is 19.3 Å². The first-order valence-electron chi connectivity index (χ1n) is 9.08. The van der Waals surface area contributed by atoms with Crippen LogP contribution in [-0.2, 0) is 27.4 Å². The summed E-state index contributed by atoms with van der Waals surface area (Å²) in [6.45, 7) is 6.93. The molecule has 0 spiro atoms. The molecule has 2 aliphatic heterocycles. The van der Waals surface area contributed by atoms with Gasteiger partial charge in [-0.05, 0) is 24.5 Å². The first-order valence-corrected chi connectivity index (χ1v) is 9.08. The fourth-order valence-corrected chi connectivity index (χ4v) is 3.40. The molecule has 3 rings (SSSR count). The monoisotopic (exact) mass is 345 g/mol. The average molecular weight is 345 g/mol. The van der Waals surface area contributed by atoms with Crippen molar-refractivity contribution in [1.82, 2.24) is 15.1 Å². The molecule has 136 valence electrons. The number of carbonyl (C=O) groups excluding carboxylic acids is 2. The minimum atomic E-state index is -0.144. The zero-order valence-electron chi connectivity index (χ0n) is 14.9. The number of hydrogen-bond donors (Lipinski definition) is 1. The van der Waals surface area contributed by atoms with Gasteiger partial charge in [-0.2, -0.15) is 0 Å². The van der Waals surface area contributed by atoms with E-state index >= 15 is 0 Å². The number of carbonyl (C=O) groups is 2. The van der Waals surface area contributed by atoms with E-state index in [0.29, 0.717) is 32.7 Å². The van der Waals surface area contributed by atoms with E-state index in [2.05, 4.69) is 16.3 Å². The van der Waals surface area contributed by atoms with Crippen LogP contribution in [0.1, 0.15) is 30.9 Å². The standard InChI is InChI=1S/C19H27N3O3/c1-15(21-8-10-25-11-9-21)19(24)20-13-16-4-2-5-17(12-16)14-22-7-3-6-18(22)23/h2,4-5,12,15H,3,6-11,13-14H2,1H3,(H,20,24)/t15-/m0/s1. The number of ether oxygens (including phenoxy) is 1. The van der Waals surface area contributed by atoms with Crippen LogP contribution in [0.25, 0.3) is 0 Å². The fraction of sp³-hybridized carbons (Fsp3) is 0.579. The number of morpholine rings is 1. The summed E-state index contributed by atoms with van der Waals surface area (Å²) in [7, 11) is 0. The molecule has 0 bridgehead atoms. The maximum absolute atomic E-state index is 12.4. The molecule has 25 heavy (non-hydrogen) atoms. The van der Waals surface area contributed by atoms with Gasteiger partial charge in [-0.1, -0.05) is 24.3 Å². The van der Waals surface area contributed by atoms with Gasteiger partial charge in [0.2, 0.25) is 11.8 Å². The highest BCUT2D eigenvalue weighted by atomic mass is 16.5.